The van der Waals surface area contributed by atoms with Crippen LogP contribution in [0.3, 0.4) is 0 Å². The summed E-state index contributed by atoms with van der Waals surface area (Å²) in [5.74, 6) is -0.737. The van der Waals surface area contributed by atoms with Crippen molar-refractivity contribution in [3.8, 4) is 5.75 Å². The molecule has 2 aromatic carbocycles. The number of carbonyl (C=O) groups excluding carboxylic acids is 2. The quantitative estimate of drug-likeness (QED) is 0.361. The fraction of sp³-hybridized carbons (Fsp3) is 0.333. The summed E-state index contributed by atoms with van der Waals surface area (Å²) in [5, 5.41) is 11.1. The molecule has 1 saturated heterocycles. The third-order valence-electron chi connectivity index (χ3n) is 5.40. The van der Waals surface area contributed by atoms with Gasteiger partial charge < -0.3 is 19.6 Å². The summed E-state index contributed by atoms with van der Waals surface area (Å²) >= 11 is 3.43. The third-order valence-corrected chi connectivity index (χ3v) is 5.93. The zero-order valence-electron chi connectivity index (χ0n) is 18.2. The molecule has 0 aliphatic carbocycles. The summed E-state index contributed by atoms with van der Waals surface area (Å²) in [6, 6.07) is 12.0. The van der Waals surface area contributed by atoms with Gasteiger partial charge in [0.1, 0.15) is 11.5 Å². The number of methoxy groups -OCH3 is 1. The number of ether oxygens (including phenoxy) is 1. The van der Waals surface area contributed by atoms with Crippen LogP contribution in [0.1, 0.15) is 29.2 Å². The Morgan fingerprint density at radius 2 is 1.84 bits per heavy atom. The maximum atomic E-state index is 13.0. The van der Waals surface area contributed by atoms with Crippen molar-refractivity contribution in [2.45, 2.75) is 19.4 Å². The predicted molar refractivity (Wildman–Crippen MR) is 124 cm³/mol. The van der Waals surface area contributed by atoms with Crippen LogP contribution in [-0.4, -0.2) is 60.9 Å². The molecule has 1 heterocycles. The summed E-state index contributed by atoms with van der Waals surface area (Å²) in [7, 11) is 5.51. The van der Waals surface area contributed by atoms with Crippen LogP contribution in [0.2, 0.25) is 0 Å². The first-order chi connectivity index (χ1) is 14.7. The van der Waals surface area contributed by atoms with Gasteiger partial charge in [0.25, 0.3) is 11.7 Å². The lowest BCUT2D eigenvalue weighted by Gasteiger charge is -2.26. The molecule has 31 heavy (non-hydrogen) atoms. The van der Waals surface area contributed by atoms with Crippen LogP contribution < -0.4 is 4.74 Å². The number of nitrogens with zero attached hydrogens (tertiary/aromatic N) is 2. The van der Waals surface area contributed by atoms with Gasteiger partial charge in [-0.2, -0.15) is 0 Å². The van der Waals surface area contributed by atoms with Gasteiger partial charge >= 0.3 is 0 Å². The van der Waals surface area contributed by atoms with Crippen LogP contribution in [0.5, 0.6) is 5.75 Å². The van der Waals surface area contributed by atoms with Gasteiger partial charge in [0.2, 0.25) is 0 Å². The largest absolute Gasteiger partial charge is 0.507 e. The van der Waals surface area contributed by atoms with Crippen molar-refractivity contribution in [1.82, 2.24) is 9.80 Å². The molecular weight excluding hydrogens is 460 g/mol. The second-order valence-electron chi connectivity index (χ2n) is 7.89. The van der Waals surface area contributed by atoms with Crippen LogP contribution in [-0.2, 0) is 9.59 Å². The number of carbonyl (C=O) groups is 2. The number of Topliss-reactive ketones (excluding diaryl/α,β-unsaturated/α-hetero) is 1. The van der Waals surface area contributed by atoms with Gasteiger partial charge in [-0.15, -0.1) is 0 Å². The lowest BCUT2D eigenvalue weighted by molar-refractivity contribution is -0.139. The highest BCUT2D eigenvalue weighted by atomic mass is 79.9. The summed E-state index contributed by atoms with van der Waals surface area (Å²) in [6.07, 6.45) is 0.717. The molecule has 7 heteroatoms. The number of rotatable bonds is 7. The smallest absolute Gasteiger partial charge is 0.295 e. The fourth-order valence-electron chi connectivity index (χ4n) is 3.84. The van der Waals surface area contributed by atoms with Crippen molar-refractivity contribution in [3.63, 3.8) is 0 Å². The van der Waals surface area contributed by atoms with E-state index in [0.29, 0.717) is 24.3 Å². The molecule has 0 bridgehead atoms. The van der Waals surface area contributed by atoms with E-state index in [1.54, 1.807) is 30.2 Å². The highest BCUT2D eigenvalue weighted by Gasteiger charge is 2.45. The molecule has 0 unspecified atom stereocenters. The number of benzene rings is 2. The van der Waals surface area contributed by atoms with Crippen LogP contribution in [0.4, 0.5) is 0 Å². The number of aliphatic hydroxyl groups is 1. The van der Waals surface area contributed by atoms with Gasteiger partial charge in [-0.05, 0) is 75.4 Å². The zero-order valence-corrected chi connectivity index (χ0v) is 19.8. The fourth-order valence-corrected chi connectivity index (χ4v) is 4.11. The van der Waals surface area contributed by atoms with E-state index in [-0.39, 0.29) is 11.3 Å². The molecule has 0 saturated carbocycles. The third kappa shape index (κ3) is 4.83. The summed E-state index contributed by atoms with van der Waals surface area (Å²) in [4.78, 5) is 29.6. The molecule has 1 atom stereocenters. The van der Waals surface area contributed by atoms with Crippen LogP contribution in [0, 0.1) is 6.92 Å². The van der Waals surface area contributed by atoms with Gasteiger partial charge in [-0.25, -0.2) is 0 Å². The van der Waals surface area contributed by atoms with Crippen molar-refractivity contribution in [2.24, 2.45) is 0 Å². The standard InChI is InChI=1S/C24H27BrN2O4/c1-15-14-17(8-11-19(15)31-4)22(28)20-21(16-6-9-18(25)10-7-16)27(24(30)23(20)29)13-5-12-26(2)3/h6-11,14,21,28H,5,12-13H2,1-4H3/t21-/m0/s1. The number of hydrogen-bond donors (Lipinski definition) is 1. The first-order valence-electron chi connectivity index (χ1n) is 10.1. The monoisotopic (exact) mass is 486 g/mol. The Labute approximate surface area is 191 Å². The zero-order chi connectivity index (χ0) is 22.7. The Balaban J connectivity index is 2.10. The molecule has 1 amide bonds. The Kier molecular flexibility index (Phi) is 7.18. The Hall–Kier alpha value is -2.64. The van der Waals surface area contributed by atoms with Crippen molar-refractivity contribution in [1.29, 1.82) is 0 Å². The Morgan fingerprint density at radius 3 is 2.42 bits per heavy atom. The number of ketones is 1. The van der Waals surface area contributed by atoms with E-state index in [1.165, 1.54) is 0 Å². The maximum absolute atomic E-state index is 13.0. The van der Waals surface area contributed by atoms with E-state index < -0.39 is 17.7 Å². The minimum Gasteiger partial charge on any atom is -0.507 e. The number of aliphatic hydroxyl groups excluding tert-OH is 1. The summed E-state index contributed by atoms with van der Waals surface area (Å²) in [5.41, 5.74) is 2.19. The molecule has 6 nitrogen and oxygen atoms in total. The normalized spacial score (nSPS) is 18.1. The second kappa shape index (κ2) is 9.66. The lowest BCUT2D eigenvalue weighted by Crippen LogP contribution is -2.32. The molecular formula is C24H27BrN2O4. The molecule has 0 spiro atoms. The Bertz CT molecular complexity index is 1010. The molecule has 0 radical (unpaired) electrons. The average molecular weight is 487 g/mol. The van der Waals surface area contributed by atoms with E-state index >= 15 is 0 Å². The molecule has 164 valence electrons. The topological polar surface area (TPSA) is 70.1 Å². The molecule has 1 N–H and O–H groups in total. The van der Waals surface area contributed by atoms with Crippen molar-refractivity contribution >= 4 is 33.4 Å². The van der Waals surface area contributed by atoms with Gasteiger partial charge in [0.15, 0.2) is 0 Å². The number of hydrogen-bond acceptors (Lipinski definition) is 5. The highest BCUT2D eigenvalue weighted by molar-refractivity contribution is 9.10. The van der Waals surface area contributed by atoms with Gasteiger partial charge in [-0.3, -0.25) is 9.59 Å². The van der Waals surface area contributed by atoms with E-state index in [2.05, 4.69) is 15.9 Å². The molecule has 1 fully saturated rings. The SMILES string of the molecule is COc1ccc(C(O)=C2C(=O)C(=O)N(CCCN(C)C)[C@H]2c2ccc(Br)cc2)cc1C. The lowest BCUT2D eigenvalue weighted by atomic mass is 9.95. The van der Waals surface area contributed by atoms with Crippen molar-refractivity contribution in [2.75, 3.05) is 34.3 Å². The van der Waals surface area contributed by atoms with Crippen molar-refractivity contribution in [3.05, 3.63) is 69.2 Å². The molecule has 2 aromatic rings. The van der Waals surface area contributed by atoms with Crippen molar-refractivity contribution < 1.29 is 19.4 Å². The number of likely N-dealkylation sites (tertiary alicyclic amines) is 1. The van der Waals surface area contributed by atoms with E-state index in [9.17, 15) is 14.7 Å². The average Bonchev–Trinajstić information content (AvgIpc) is 2.98. The van der Waals surface area contributed by atoms with Crippen LogP contribution in [0.25, 0.3) is 5.76 Å². The maximum Gasteiger partial charge on any atom is 0.295 e. The van der Waals surface area contributed by atoms with E-state index in [4.69, 9.17) is 4.74 Å². The second-order valence-corrected chi connectivity index (χ2v) is 8.80. The summed E-state index contributed by atoms with van der Waals surface area (Å²) < 4.78 is 6.19. The van der Waals surface area contributed by atoms with Gasteiger partial charge in [0.05, 0.1) is 18.7 Å². The molecule has 0 aromatic heterocycles. The molecule has 1 aliphatic heterocycles. The number of aryl methyl sites for hydroxylation is 1. The molecule has 3 rings (SSSR count). The first-order valence-corrected chi connectivity index (χ1v) is 10.9. The first kappa shape index (κ1) is 23.0. The van der Waals surface area contributed by atoms with Crippen LogP contribution >= 0.6 is 15.9 Å². The van der Waals surface area contributed by atoms with E-state index in [1.807, 2.05) is 50.2 Å². The minimum absolute atomic E-state index is 0.113. The number of halogens is 1. The molecule has 1 aliphatic rings. The Morgan fingerprint density at radius 1 is 1.16 bits per heavy atom. The highest BCUT2D eigenvalue weighted by Crippen LogP contribution is 2.40. The van der Waals surface area contributed by atoms with Gasteiger partial charge in [-0.1, -0.05) is 28.1 Å². The van der Waals surface area contributed by atoms with Gasteiger partial charge in [0, 0.05) is 16.6 Å². The predicted octanol–water partition coefficient (Wildman–Crippen LogP) is 4.14. The minimum atomic E-state index is -0.663. The van der Waals surface area contributed by atoms with E-state index in [0.717, 1.165) is 22.1 Å². The van der Waals surface area contributed by atoms with Crippen LogP contribution in [0.15, 0.2) is 52.5 Å². The number of amides is 1. The summed E-state index contributed by atoms with van der Waals surface area (Å²) in [6.45, 7) is 3.07.